The molecule has 2 aromatic rings. The standard InChI is InChI=1S/C25H36N6O5S/c1-28-11-9-20(10-12-28)30(21-16-26-29(17-21)13-14-36-2)37(34,35)31(33)25(32)27-24-22-7-3-5-18(22)15-19-6-4-8-23(19)24/h15-17,20,31H,3-14H2,1-2H3,(H,27,32). The predicted molar refractivity (Wildman–Crippen MR) is 140 cm³/mol. The molecule has 1 aliphatic heterocycles. The van der Waals surface area contributed by atoms with Gasteiger partial charge in [-0.3, -0.25) is 10.00 Å². The van der Waals surface area contributed by atoms with Crippen molar-refractivity contribution in [3.05, 3.63) is 45.9 Å². The first-order valence-electron chi connectivity index (χ1n) is 13.1. The number of amides is 2. The smallest absolute Gasteiger partial charge is 0.436 e. The number of rotatable bonds is 8. The lowest BCUT2D eigenvalue weighted by atomic mass is 9.99. The summed E-state index contributed by atoms with van der Waals surface area (Å²) in [5, 5.41) is 20.4. The molecule has 2 amide bonds. The molecular formula is C25H36N6O5S. The van der Waals surface area contributed by atoms with E-state index in [1.807, 2.05) is 7.05 Å². The SMILES string of the molecule is COCCn1cc(N(C2CCN(C)CC2)S(=O)(=O)[NH+]([O-])C(=O)Nc2c3c(cc4c2CCC4)CCC3)cn1. The molecule has 11 nitrogen and oxygen atoms in total. The van der Waals surface area contributed by atoms with Gasteiger partial charge in [-0.25, -0.2) is 9.10 Å². The van der Waals surface area contributed by atoms with Crippen LogP contribution < -0.4 is 14.1 Å². The molecule has 0 saturated carbocycles. The van der Waals surface area contributed by atoms with Crippen LogP contribution in [0.25, 0.3) is 0 Å². The fraction of sp³-hybridized carbons (Fsp3) is 0.600. The number of hydroxylamine groups is 1. The van der Waals surface area contributed by atoms with Gasteiger partial charge in [0.15, 0.2) is 0 Å². The molecule has 2 heterocycles. The number of aromatic nitrogens is 2. The number of aryl methyl sites for hydroxylation is 2. The van der Waals surface area contributed by atoms with Crippen molar-refractivity contribution in [2.45, 2.75) is 64.0 Å². The number of nitrogens with zero attached hydrogens (tertiary/aromatic N) is 4. The summed E-state index contributed by atoms with van der Waals surface area (Å²) in [5.74, 6) is 0. The van der Waals surface area contributed by atoms with Gasteiger partial charge in [0.2, 0.25) is 0 Å². The Labute approximate surface area is 218 Å². The number of methoxy groups -OCH3 is 1. The van der Waals surface area contributed by atoms with Crippen LogP contribution in [0.5, 0.6) is 0 Å². The van der Waals surface area contributed by atoms with Gasteiger partial charge in [-0.15, -0.1) is 0 Å². The molecule has 1 aromatic heterocycles. The molecule has 1 fully saturated rings. The number of hydrogen-bond acceptors (Lipinski definition) is 7. The third-order valence-corrected chi connectivity index (χ3v) is 9.49. The quantitative estimate of drug-likeness (QED) is 0.491. The summed E-state index contributed by atoms with van der Waals surface area (Å²) in [6, 6.07) is 0.685. The summed E-state index contributed by atoms with van der Waals surface area (Å²) in [6.07, 6.45) is 9.63. The largest absolute Gasteiger partial charge is 0.608 e. The first kappa shape index (κ1) is 26.1. The Balaban J connectivity index is 1.43. The van der Waals surface area contributed by atoms with Crippen LogP contribution in [0, 0.1) is 5.21 Å². The van der Waals surface area contributed by atoms with Crippen LogP contribution in [0.4, 0.5) is 16.2 Å². The number of piperidine rings is 1. The molecule has 2 N–H and O–H groups in total. The highest BCUT2D eigenvalue weighted by Gasteiger charge is 2.41. The van der Waals surface area contributed by atoms with Crippen LogP contribution in [0.1, 0.15) is 47.9 Å². The van der Waals surface area contributed by atoms with Gasteiger partial charge in [-0.1, -0.05) is 6.07 Å². The summed E-state index contributed by atoms with van der Waals surface area (Å²) >= 11 is 0. The molecule has 0 spiro atoms. The second-order valence-electron chi connectivity index (χ2n) is 10.3. The van der Waals surface area contributed by atoms with Gasteiger partial charge in [0.25, 0.3) is 0 Å². The second kappa shape index (κ2) is 10.7. The molecule has 1 atom stereocenters. The van der Waals surface area contributed by atoms with E-state index < -0.39 is 26.8 Å². The maximum absolute atomic E-state index is 13.8. The van der Waals surface area contributed by atoms with E-state index in [4.69, 9.17) is 4.74 Å². The normalized spacial score (nSPS) is 19.0. The Morgan fingerprint density at radius 3 is 2.46 bits per heavy atom. The van der Waals surface area contributed by atoms with Crippen LogP contribution in [0.3, 0.4) is 0 Å². The van der Waals surface area contributed by atoms with Gasteiger partial charge in [-0.05, 0) is 93.8 Å². The second-order valence-corrected chi connectivity index (χ2v) is 12.0. The highest BCUT2D eigenvalue weighted by Crippen LogP contribution is 2.38. The summed E-state index contributed by atoms with van der Waals surface area (Å²) in [4.78, 5) is 15.4. The summed E-state index contributed by atoms with van der Waals surface area (Å²) in [7, 11) is -1.09. The molecule has 0 bridgehead atoms. The molecular weight excluding hydrogens is 496 g/mol. The number of carbonyl (C=O) groups is 1. The lowest BCUT2D eigenvalue weighted by Crippen LogP contribution is -3.14. The van der Waals surface area contributed by atoms with Gasteiger partial charge in [-0.2, -0.15) is 18.0 Å². The van der Waals surface area contributed by atoms with Crippen molar-refractivity contribution in [2.24, 2.45) is 0 Å². The van der Waals surface area contributed by atoms with Crippen LogP contribution in [0.2, 0.25) is 0 Å². The van der Waals surface area contributed by atoms with E-state index in [2.05, 4.69) is 21.4 Å². The first-order chi connectivity index (χ1) is 17.8. The van der Waals surface area contributed by atoms with E-state index in [0.29, 0.717) is 44.8 Å². The Kier molecular flexibility index (Phi) is 7.55. The molecule has 2 aliphatic carbocycles. The number of nitrogens with one attached hydrogen (secondary N) is 2. The molecule has 3 aliphatic rings. The number of fused-ring (bicyclic) bond motifs is 2. The number of benzene rings is 1. The average molecular weight is 533 g/mol. The van der Waals surface area contributed by atoms with Crippen molar-refractivity contribution in [2.75, 3.05) is 43.5 Å². The van der Waals surface area contributed by atoms with Crippen molar-refractivity contribution < 1.29 is 22.4 Å². The molecule has 1 aromatic carbocycles. The number of likely N-dealkylation sites (tertiary alicyclic amines) is 1. The summed E-state index contributed by atoms with van der Waals surface area (Å²) in [5.41, 5.74) is 5.43. The molecule has 202 valence electrons. The number of carbonyl (C=O) groups excluding carboxylic acids is 1. The van der Waals surface area contributed by atoms with E-state index in [-0.39, 0.29) is 5.69 Å². The van der Waals surface area contributed by atoms with Gasteiger partial charge in [0, 0.05) is 13.3 Å². The topological polar surface area (TPSA) is 124 Å². The minimum Gasteiger partial charge on any atom is -0.608 e. The zero-order chi connectivity index (χ0) is 26.2. The van der Waals surface area contributed by atoms with Gasteiger partial charge >= 0.3 is 16.2 Å². The number of quaternary nitrogens is 1. The van der Waals surface area contributed by atoms with Gasteiger partial charge < -0.3 is 14.8 Å². The molecule has 5 rings (SSSR count). The van der Waals surface area contributed by atoms with Crippen molar-refractivity contribution in [3.8, 4) is 0 Å². The zero-order valence-corrected chi connectivity index (χ0v) is 22.3. The Hall–Kier alpha value is -2.51. The van der Waals surface area contributed by atoms with E-state index in [9.17, 15) is 18.4 Å². The predicted octanol–water partition coefficient (Wildman–Crippen LogP) is 1.27. The van der Waals surface area contributed by atoms with E-state index in [0.717, 1.165) is 54.0 Å². The van der Waals surface area contributed by atoms with Crippen molar-refractivity contribution >= 4 is 27.6 Å². The van der Waals surface area contributed by atoms with Crippen LogP contribution in [-0.2, 0) is 47.2 Å². The zero-order valence-electron chi connectivity index (χ0n) is 21.5. The number of hydrogen-bond donors (Lipinski definition) is 2. The van der Waals surface area contributed by atoms with Crippen molar-refractivity contribution in [3.63, 3.8) is 0 Å². The minimum atomic E-state index is -4.65. The molecule has 1 saturated heterocycles. The van der Waals surface area contributed by atoms with Crippen molar-refractivity contribution in [1.82, 2.24) is 14.7 Å². The summed E-state index contributed by atoms with van der Waals surface area (Å²) < 4.78 is 33.9. The fourth-order valence-corrected chi connectivity index (χ4v) is 7.33. The van der Waals surface area contributed by atoms with Crippen LogP contribution >= 0.6 is 0 Å². The first-order valence-corrected chi connectivity index (χ1v) is 14.5. The number of anilines is 2. The highest BCUT2D eigenvalue weighted by atomic mass is 32.2. The van der Waals surface area contributed by atoms with E-state index >= 15 is 0 Å². The lowest BCUT2D eigenvalue weighted by Gasteiger charge is -2.37. The van der Waals surface area contributed by atoms with Gasteiger partial charge in [0.1, 0.15) is 0 Å². The minimum absolute atomic E-state index is 0.285. The van der Waals surface area contributed by atoms with E-state index in [1.54, 1.807) is 18.0 Å². The highest BCUT2D eigenvalue weighted by molar-refractivity contribution is 7.86. The lowest BCUT2D eigenvalue weighted by molar-refractivity contribution is -0.604. The number of ether oxygens (including phenoxy) is 1. The maximum Gasteiger partial charge on any atom is 0.436 e. The van der Waals surface area contributed by atoms with Crippen LogP contribution in [-0.4, -0.2) is 69.0 Å². The molecule has 0 radical (unpaired) electrons. The third-order valence-electron chi connectivity index (χ3n) is 7.81. The fourth-order valence-electron chi connectivity index (χ4n) is 5.89. The molecule has 12 heteroatoms. The van der Waals surface area contributed by atoms with E-state index in [1.165, 1.54) is 17.3 Å². The average Bonchev–Trinajstić information content (AvgIpc) is 3.64. The number of urea groups is 1. The Bertz CT molecular complexity index is 1220. The molecule has 1 unspecified atom stereocenters. The van der Waals surface area contributed by atoms with Gasteiger partial charge in [0.05, 0.1) is 36.8 Å². The monoisotopic (exact) mass is 532 g/mol. The maximum atomic E-state index is 13.8. The summed E-state index contributed by atoms with van der Waals surface area (Å²) in [6.45, 7) is 2.24. The Morgan fingerprint density at radius 1 is 1.19 bits per heavy atom. The Morgan fingerprint density at radius 2 is 1.84 bits per heavy atom. The molecule has 37 heavy (non-hydrogen) atoms. The van der Waals surface area contributed by atoms with Crippen molar-refractivity contribution in [1.29, 1.82) is 0 Å². The third kappa shape index (κ3) is 5.13. The van der Waals surface area contributed by atoms with Crippen LogP contribution in [0.15, 0.2) is 18.5 Å².